The highest BCUT2D eigenvalue weighted by Crippen LogP contribution is 2.21. The lowest BCUT2D eigenvalue weighted by Gasteiger charge is -2.07. The minimum atomic E-state index is -3.63. The summed E-state index contributed by atoms with van der Waals surface area (Å²) in [4.78, 5) is 7.28. The summed E-state index contributed by atoms with van der Waals surface area (Å²) in [5, 5.41) is 11.4. The Morgan fingerprint density at radius 3 is 2.67 bits per heavy atom. The second kappa shape index (κ2) is 5.34. The SMILES string of the molecule is CS(=O)(=O)c1ccc(Nc2ncc(C#N)c(N)n2)cc1F. The Hall–Kier alpha value is -2.73. The van der Waals surface area contributed by atoms with Crippen LogP contribution in [-0.2, 0) is 9.84 Å². The number of nitrogens with zero attached hydrogens (tertiary/aromatic N) is 3. The fraction of sp³-hybridized carbons (Fsp3) is 0.0833. The first kappa shape index (κ1) is 14.7. The molecule has 0 saturated heterocycles. The number of hydrogen-bond donors (Lipinski definition) is 2. The van der Waals surface area contributed by atoms with Gasteiger partial charge in [0.15, 0.2) is 9.84 Å². The van der Waals surface area contributed by atoms with E-state index in [1.165, 1.54) is 12.3 Å². The number of nitrogens with one attached hydrogen (secondary N) is 1. The van der Waals surface area contributed by atoms with Gasteiger partial charge in [0.25, 0.3) is 0 Å². The number of nitrogen functional groups attached to an aromatic ring is 1. The maximum absolute atomic E-state index is 13.7. The van der Waals surface area contributed by atoms with E-state index in [1.54, 1.807) is 0 Å². The van der Waals surface area contributed by atoms with Gasteiger partial charge in [0, 0.05) is 11.9 Å². The molecule has 0 bridgehead atoms. The first-order valence-corrected chi connectivity index (χ1v) is 7.49. The van der Waals surface area contributed by atoms with Gasteiger partial charge in [0.2, 0.25) is 5.95 Å². The molecular formula is C12H10FN5O2S. The Kier molecular flexibility index (Phi) is 3.73. The molecule has 0 aliphatic carbocycles. The van der Waals surface area contributed by atoms with Gasteiger partial charge >= 0.3 is 0 Å². The number of rotatable bonds is 3. The average molecular weight is 307 g/mol. The second-order valence-corrected chi connectivity index (χ2v) is 6.13. The lowest BCUT2D eigenvalue weighted by atomic mass is 10.3. The predicted octanol–water partition coefficient (Wildman–Crippen LogP) is 1.22. The third kappa shape index (κ3) is 3.24. The molecular weight excluding hydrogens is 297 g/mol. The number of halogens is 1. The smallest absolute Gasteiger partial charge is 0.229 e. The third-order valence-electron chi connectivity index (χ3n) is 2.53. The van der Waals surface area contributed by atoms with Gasteiger partial charge in [-0.25, -0.2) is 17.8 Å². The van der Waals surface area contributed by atoms with Crippen LogP contribution in [0.5, 0.6) is 0 Å². The highest BCUT2D eigenvalue weighted by Gasteiger charge is 2.14. The molecule has 0 fully saturated rings. The molecule has 7 nitrogen and oxygen atoms in total. The summed E-state index contributed by atoms with van der Waals surface area (Å²) in [7, 11) is -3.63. The number of hydrogen-bond acceptors (Lipinski definition) is 7. The molecule has 2 aromatic rings. The highest BCUT2D eigenvalue weighted by molar-refractivity contribution is 7.90. The summed E-state index contributed by atoms with van der Waals surface area (Å²) >= 11 is 0. The van der Waals surface area contributed by atoms with E-state index in [0.29, 0.717) is 0 Å². The molecule has 0 saturated carbocycles. The summed E-state index contributed by atoms with van der Waals surface area (Å²) in [5.74, 6) is -0.828. The third-order valence-corrected chi connectivity index (χ3v) is 3.66. The second-order valence-electron chi connectivity index (χ2n) is 4.15. The lowest BCUT2D eigenvalue weighted by molar-refractivity contribution is 0.571. The monoisotopic (exact) mass is 307 g/mol. The molecule has 1 aromatic heterocycles. The van der Waals surface area contributed by atoms with Gasteiger partial charge in [-0.05, 0) is 18.2 Å². The van der Waals surface area contributed by atoms with Crippen LogP contribution in [0.15, 0.2) is 29.3 Å². The summed E-state index contributed by atoms with van der Waals surface area (Å²) in [6, 6.07) is 5.33. The number of benzene rings is 1. The molecule has 1 heterocycles. The van der Waals surface area contributed by atoms with Crippen LogP contribution in [-0.4, -0.2) is 24.6 Å². The van der Waals surface area contributed by atoms with E-state index in [9.17, 15) is 12.8 Å². The van der Waals surface area contributed by atoms with Crippen LogP contribution in [0.4, 0.5) is 21.8 Å². The quantitative estimate of drug-likeness (QED) is 0.874. The summed E-state index contributed by atoms with van der Waals surface area (Å²) in [6.07, 6.45) is 2.15. The fourth-order valence-corrected chi connectivity index (χ4v) is 2.28. The molecule has 0 unspecified atom stereocenters. The fourth-order valence-electron chi connectivity index (χ4n) is 1.55. The van der Waals surface area contributed by atoms with Crippen LogP contribution in [0.1, 0.15) is 5.56 Å². The first-order chi connectivity index (χ1) is 9.81. The van der Waals surface area contributed by atoms with E-state index in [-0.39, 0.29) is 23.0 Å². The van der Waals surface area contributed by atoms with Crippen molar-refractivity contribution in [2.75, 3.05) is 17.3 Å². The van der Waals surface area contributed by atoms with Crippen molar-refractivity contribution in [2.45, 2.75) is 4.90 Å². The van der Waals surface area contributed by atoms with Crippen molar-refractivity contribution in [3.63, 3.8) is 0 Å². The van der Waals surface area contributed by atoms with Crippen LogP contribution in [0.3, 0.4) is 0 Å². The average Bonchev–Trinajstić information content (AvgIpc) is 2.37. The molecule has 0 aliphatic heterocycles. The van der Waals surface area contributed by atoms with Gasteiger partial charge in [-0.1, -0.05) is 0 Å². The minimum Gasteiger partial charge on any atom is -0.382 e. The van der Waals surface area contributed by atoms with Crippen molar-refractivity contribution < 1.29 is 12.8 Å². The summed E-state index contributed by atoms with van der Waals surface area (Å²) in [5.41, 5.74) is 5.91. The Balaban J connectivity index is 2.31. The largest absolute Gasteiger partial charge is 0.382 e. The standard InChI is InChI=1S/C12H10FN5O2S/c1-21(19,20)10-3-2-8(4-9(10)13)17-12-16-6-7(5-14)11(15)18-12/h2-4,6H,1H3,(H3,15,16,17,18). The molecule has 0 aliphatic rings. The van der Waals surface area contributed by atoms with Gasteiger partial charge in [0.05, 0.1) is 6.20 Å². The Labute approximate surface area is 120 Å². The van der Waals surface area contributed by atoms with Crippen molar-refractivity contribution in [2.24, 2.45) is 0 Å². The molecule has 0 atom stereocenters. The van der Waals surface area contributed by atoms with E-state index in [1.807, 2.05) is 6.07 Å². The van der Waals surface area contributed by atoms with Gasteiger partial charge in [-0.2, -0.15) is 10.2 Å². The van der Waals surface area contributed by atoms with Crippen LogP contribution in [0.25, 0.3) is 0 Å². The van der Waals surface area contributed by atoms with Crippen LogP contribution in [0, 0.1) is 17.1 Å². The zero-order chi connectivity index (χ0) is 15.6. The maximum Gasteiger partial charge on any atom is 0.229 e. The number of nitriles is 1. The molecule has 3 N–H and O–H groups in total. The number of aromatic nitrogens is 2. The highest BCUT2D eigenvalue weighted by atomic mass is 32.2. The van der Waals surface area contributed by atoms with Crippen LogP contribution in [0.2, 0.25) is 0 Å². The van der Waals surface area contributed by atoms with Crippen LogP contribution < -0.4 is 11.1 Å². The zero-order valence-corrected chi connectivity index (χ0v) is 11.6. The maximum atomic E-state index is 13.7. The molecule has 0 spiro atoms. The van der Waals surface area contributed by atoms with Crippen molar-refractivity contribution in [3.05, 3.63) is 35.8 Å². The van der Waals surface area contributed by atoms with Gasteiger partial charge in [-0.15, -0.1) is 0 Å². The molecule has 2 rings (SSSR count). The number of nitrogens with two attached hydrogens (primary N) is 1. The van der Waals surface area contributed by atoms with Gasteiger partial charge in [0.1, 0.15) is 28.2 Å². The number of anilines is 3. The molecule has 1 aromatic carbocycles. The normalized spacial score (nSPS) is 10.9. The first-order valence-electron chi connectivity index (χ1n) is 5.60. The molecule has 21 heavy (non-hydrogen) atoms. The summed E-state index contributed by atoms with van der Waals surface area (Å²) in [6.45, 7) is 0. The van der Waals surface area contributed by atoms with E-state index in [0.717, 1.165) is 18.4 Å². The topological polar surface area (TPSA) is 122 Å². The molecule has 9 heteroatoms. The predicted molar refractivity (Wildman–Crippen MR) is 74.0 cm³/mol. The molecule has 108 valence electrons. The van der Waals surface area contributed by atoms with Crippen molar-refractivity contribution >= 4 is 27.3 Å². The van der Waals surface area contributed by atoms with E-state index in [2.05, 4.69) is 15.3 Å². The minimum absolute atomic E-state index is 0.0109. The van der Waals surface area contributed by atoms with Gasteiger partial charge in [-0.3, -0.25) is 0 Å². The Morgan fingerprint density at radius 1 is 1.43 bits per heavy atom. The van der Waals surface area contributed by atoms with Crippen LogP contribution >= 0.6 is 0 Å². The number of sulfone groups is 1. The lowest BCUT2D eigenvalue weighted by Crippen LogP contribution is -2.04. The van der Waals surface area contributed by atoms with Crippen molar-refractivity contribution in [3.8, 4) is 6.07 Å². The molecule has 0 radical (unpaired) electrons. The van der Waals surface area contributed by atoms with E-state index < -0.39 is 20.5 Å². The van der Waals surface area contributed by atoms with Crippen molar-refractivity contribution in [1.82, 2.24) is 9.97 Å². The van der Waals surface area contributed by atoms with E-state index >= 15 is 0 Å². The Morgan fingerprint density at radius 2 is 2.14 bits per heavy atom. The van der Waals surface area contributed by atoms with Gasteiger partial charge < -0.3 is 11.1 Å². The summed E-state index contributed by atoms with van der Waals surface area (Å²) < 4.78 is 36.3. The van der Waals surface area contributed by atoms with E-state index in [4.69, 9.17) is 11.0 Å². The Bertz CT molecular complexity index is 845. The molecule has 0 amide bonds. The zero-order valence-electron chi connectivity index (χ0n) is 10.8. The van der Waals surface area contributed by atoms with Crippen molar-refractivity contribution in [1.29, 1.82) is 5.26 Å².